The summed E-state index contributed by atoms with van der Waals surface area (Å²) in [6.45, 7) is 9.41. The van der Waals surface area contributed by atoms with Crippen LogP contribution >= 0.6 is 11.3 Å². The van der Waals surface area contributed by atoms with E-state index in [1.807, 2.05) is 7.05 Å². The van der Waals surface area contributed by atoms with Gasteiger partial charge >= 0.3 is 6.09 Å². The minimum absolute atomic E-state index is 0.0474. The van der Waals surface area contributed by atoms with Crippen LogP contribution in [0.4, 0.5) is 24.5 Å². The number of nitrogens with zero attached hydrogens (tertiary/aromatic N) is 7. The minimum atomic E-state index is -0.805. The topological polar surface area (TPSA) is 140 Å². The van der Waals surface area contributed by atoms with Crippen molar-refractivity contribution < 1.29 is 28.2 Å². The van der Waals surface area contributed by atoms with Gasteiger partial charge in [0.05, 0.1) is 42.0 Å². The number of halogens is 2. The van der Waals surface area contributed by atoms with E-state index < -0.39 is 23.3 Å². The van der Waals surface area contributed by atoms with Gasteiger partial charge in [0.2, 0.25) is 5.95 Å². The molecule has 3 aliphatic rings. The number of carbonyl (C=O) groups is 1. The molecule has 2 atom stereocenters. The van der Waals surface area contributed by atoms with Gasteiger partial charge in [0.25, 0.3) is 0 Å². The number of hydrogen-bond acceptors (Lipinski definition) is 12. The van der Waals surface area contributed by atoms with E-state index in [1.165, 1.54) is 0 Å². The first-order valence-electron chi connectivity index (χ1n) is 15.9. The molecule has 2 saturated heterocycles. The number of aromatic nitrogens is 3. The summed E-state index contributed by atoms with van der Waals surface area (Å²) < 4.78 is 43.3. The molecule has 0 radical (unpaired) electrons. The lowest BCUT2D eigenvalue weighted by Crippen LogP contribution is -2.56. The van der Waals surface area contributed by atoms with Gasteiger partial charge in [-0.05, 0) is 45.4 Å². The van der Waals surface area contributed by atoms with Crippen LogP contribution in [0.5, 0.6) is 0 Å². The highest BCUT2D eigenvalue weighted by molar-refractivity contribution is 7.23. The monoisotopic (exact) mass is 678 g/mol. The third kappa shape index (κ3) is 5.71. The number of pyridine rings is 1. The van der Waals surface area contributed by atoms with Gasteiger partial charge in [-0.2, -0.15) is 5.26 Å². The molecule has 0 spiro atoms. The summed E-state index contributed by atoms with van der Waals surface area (Å²) in [7, 11) is 2.03. The van der Waals surface area contributed by atoms with E-state index >= 15 is 8.78 Å². The fourth-order valence-electron chi connectivity index (χ4n) is 6.87. The van der Waals surface area contributed by atoms with E-state index in [4.69, 9.17) is 14.5 Å². The summed E-state index contributed by atoms with van der Waals surface area (Å²) in [6, 6.07) is 2.40. The van der Waals surface area contributed by atoms with Crippen LogP contribution in [0.3, 0.4) is 0 Å². The number of aliphatic hydroxyl groups excluding tert-OH is 1. The molecule has 3 aromatic heterocycles. The maximum atomic E-state index is 16.9. The van der Waals surface area contributed by atoms with Crippen LogP contribution < -0.4 is 10.2 Å². The van der Waals surface area contributed by atoms with E-state index in [-0.39, 0.29) is 69.3 Å². The van der Waals surface area contributed by atoms with Gasteiger partial charge in [-0.15, -0.1) is 11.3 Å². The van der Waals surface area contributed by atoms with Crippen molar-refractivity contribution in [3.05, 3.63) is 40.7 Å². The maximum Gasteiger partial charge on any atom is 0.412 e. The first-order chi connectivity index (χ1) is 23.0. The third-order valence-electron chi connectivity index (χ3n) is 9.30. The second kappa shape index (κ2) is 12.4. The van der Waals surface area contributed by atoms with Crippen molar-refractivity contribution in [3.63, 3.8) is 0 Å². The normalized spacial score (nSPS) is 20.4. The predicted octanol–water partition coefficient (Wildman–Crippen LogP) is 4.62. The van der Waals surface area contributed by atoms with Gasteiger partial charge in [-0.25, -0.2) is 23.5 Å². The Morgan fingerprint density at radius 1 is 1.19 bits per heavy atom. The number of hydrogen-bond donors (Lipinski definition) is 2. The van der Waals surface area contributed by atoms with Crippen molar-refractivity contribution in [1.82, 2.24) is 24.8 Å². The first-order valence-corrected chi connectivity index (χ1v) is 16.7. The molecule has 48 heavy (non-hydrogen) atoms. The molecule has 0 bridgehead atoms. The smallest absolute Gasteiger partial charge is 0.412 e. The number of benzene rings is 1. The zero-order chi connectivity index (χ0) is 33.9. The molecule has 1 aromatic carbocycles. The standard InChI is InChI=1S/C33H36F2N8O4S/c1-33(2,3)47-32(45)40-30-19(9-36)25-28(37-11-23(34)29(25)48-30)24-22-16-46-15-21(22)20-10-38-31(39-27(20)26(24)35)43-6-5-17(12-43)42-8-7-41(4)18(13-42)14-44/h10-11,17-18,44H,5-8,12-16H2,1-4H3,(H,40,45)/t17-,18+/m1/s1. The average Bonchev–Trinajstić information content (AvgIpc) is 3.81. The molecular formula is C33H36F2N8O4S. The SMILES string of the molecule is CN1CCN([C@@H]2CCN(c3ncc4c5c(c(-c6ncc(F)c7sc(NC(=O)OC(C)(C)C)c(C#N)c67)c(F)c4n3)COC5)C2)C[C@H]1CO. The Morgan fingerprint density at radius 2 is 1.98 bits per heavy atom. The second-order valence-electron chi connectivity index (χ2n) is 13.5. The van der Waals surface area contributed by atoms with Crippen LogP contribution in [0.1, 0.15) is 43.9 Å². The predicted molar refractivity (Wildman–Crippen MR) is 177 cm³/mol. The number of anilines is 2. The summed E-state index contributed by atoms with van der Waals surface area (Å²) in [5, 5.41) is 23.3. The minimum Gasteiger partial charge on any atom is -0.444 e. The van der Waals surface area contributed by atoms with E-state index in [0.29, 0.717) is 35.6 Å². The lowest BCUT2D eigenvalue weighted by molar-refractivity contribution is 0.0399. The molecule has 12 nitrogen and oxygen atoms in total. The molecule has 6 heterocycles. The van der Waals surface area contributed by atoms with Crippen molar-refractivity contribution in [2.75, 3.05) is 56.6 Å². The van der Waals surface area contributed by atoms with Crippen LogP contribution in [0, 0.1) is 23.0 Å². The Labute approximate surface area is 279 Å². The molecule has 7 rings (SSSR count). The van der Waals surface area contributed by atoms with Gasteiger partial charge < -0.3 is 19.5 Å². The van der Waals surface area contributed by atoms with Crippen molar-refractivity contribution in [2.45, 2.75) is 58.1 Å². The largest absolute Gasteiger partial charge is 0.444 e. The average molecular weight is 679 g/mol. The quantitative estimate of drug-likeness (QED) is 0.306. The van der Waals surface area contributed by atoms with Gasteiger partial charge in [-0.1, -0.05) is 0 Å². The van der Waals surface area contributed by atoms with Crippen LogP contribution in [0.2, 0.25) is 0 Å². The number of ether oxygens (including phenoxy) is 2. The summed E-state index contributed by atoms with van der Waals surface area (Å²) in [4.78, 5) is 32.9. The second-order valence-corrected chi connectivity index (χ2v) is 14.5. The summed E-state index contributed by atoms with van der Waals surface area (Å²) in [5.74, 6) is -0.980. The molecule has 2 fully saturated rings. The summed E-state index contributed by atoms with van der Waals surface area (Å²) in [5.41, 5.74) is 0.617. The number of nitriles is 1. The highest BCUT2D eigenvalue weighted by Crippen LogP contribution is 2.46. The molecule has 15 heteroatoms. The highest BCUT2D eigenvalue weighted by atomic mass is 32.1. The Hall–Kier alpha value is -4.07. The Bertz CT molecular complexity index is 1980. The van der Waals surface area contributed by atoms with Crippen molar-refractivity contribution in [2.24, 2.45) is 0 Å². The van der Waals surface area contributed by atoms with Gasteiger partial charge in [0.15, 0.2) is 11.6 Å². The van der Waals surface area contributed by atoms with Crippen molar-refractivity contribution >= 4 is 49.4 Å². The fraction of sp³-hybridized carbons (Fsp3) is 0.485. The van der Waals surface area contributed by atoms with E-state index in [9.17, 15) is 15.2 Å². The van der Waals surface area contributed by atoms with Crippen molar-refractivity contribution in [3.8, 4) is 17.3 Å². The first kappa shape index (κ1) is 32.5. The fourth-order valence-corrected chi connectivity index (χ4v) is 7.91. The van der Waals surface area contributed by atoms with E-state index in [2.05, 4.69) is 36.1 Å². The lowest BCUT2D eigenvalue weighted by atomic mass is 9.94. The van der Waals surface area contributed by atoms with Gasteiger partial charge in [0.1, 0.15) is 22.2 Å². The Balaban J connectivity index is 1.29. The number of thiophene rings is 1. The number of aliphatic hydroxyl groups is 1. The van der Waals surface area contributed by atoms with Crippen LogP contribution in [0.25, 0.3) is 32.2 Å². The molecule has 0 aliphatic carbocycles. The van der Waals surface area contributed by atoms with Crippen LogP contribution in [-0.4, -0.2) is 100 Å². The molecule has 4 aromatic rings. The van der Waals surface area contributed by atoms with Crippen molar-refractivity contribution in [1.29, 1.82) is 5.26 Å². The Morgan fingerprint density at radius 3 is 2.73 bits per heavy atom. The zero-order valence-electron chi connectivity index (χ0n) is 27.1. The van der Waals surface area contributed by atoms with Crippen LogP contribution in [0.15, 0.2) is 12.4 Å². The van der Waals surface area contributed by atoms with Crippen LogP contribution in [-0.2, 0) is 22.7 Å². The molecule has 252 valence electrons. The number of piperazine rings is 1. The highest BCUT2D eigenvalue weighted by Gasteiger charge is 2.35. The van der Waals surface area contributed by atoms with E-state index in [0.717, 1.165) is 43.6 Å². The zero-order valence-corrected chi connectivity index (χ0v) is 28.0. The number of rotatable bonds is 5. The maximum absolute atomic E-state index is 16.9. The molecule has 1 amide bonds. The summed E-state index contributed by atoms with van der Waals surface area (Å²) in [6.07, 6.45) is 2.71. The molecule has 3 aliphatic heterocycles. The summed E-state index contributed by atoms with van der Waals surface area (Å²) >= 11 is 0.858. The molecule has 0 unspecified atom stereocenters. The number of amides is 1. The number of fused-ring (bicyclic) bond motifs is 4. The third-order valence-corrected chi connectivity index (χ3v) is 10.4. The molecule has 2 N–H and O–H groups in total. The number of nitrogens with one attached hydrogen (secondary N) is 1. The Kier molecular flexibility index (Phi) is 8.41. The van der Waals surface area contributed by atoms with Gasteiger partial charge in [0, 0.05) is 67.3 Å². The number of likely N-dealkylation sites (N-methyl/N-ethyl adjacent to an activating group) is 1. The lowest BCUT2D eigenvalue weighted by Gasteiger charge is -2.41. The number of carbonyl (C=O) groups excluding carboxylic acids is 1. The molecule has 0 saturated carbocycles. The van der Waals surface area contributed by atoms with E-state index in [1.54, 1.807) is 27.0 Å². The van der Waals surface area contributed by atoms with Gasteiger partial charge in [-0.3, -0.25) is 20.1 Å². The molecular weight excluding hydrogens is 642 g/mol.